The topological polar surface area (TPSA) is 79.5 Å². The molecule has 1 aromatic heterocycles. The summed E-state index contributed by atoms with van der Waals surface area (Å²) in [6.07, 6.45) is 0.559. The van der Waals surface area contributed by atoms with Gasteiger partial charge in [0.15, 0.2) is 5.78 Å². The summed E-state index contributed by atoms with van der Waals surface area (Å²) >= 11 is 5.46. The number of ketones is 1. The third kappa shape index (κ3) is 3.64. The SMILES string of the molecule is Cc1cc(O)c(C(=O)CCc2ccc(NCl)cc2)c(=O)o1. The van der Waals surface area contributed by atoms with Crippen LogP contribution in [0.3, 0.4) is 0 Å². The summed E-state index contributed by atoms with van der Waals surface area (Å²) < 4.78 is 4.83. The Kier molecular flexibility index (Phi) is 4.65. The molecule has 0 atom stereocenters. The first kappa shape index (κ1) is 15.1. The number of nitrogens with one attached hydrogen (secondary N) is 1. The molecule has 21 heavy (non-hydrogen) atoms. The number of hydrogen-bond donors (Lipinski definition) is 2. The van der Waals surface area contributed by atoms with Gasteiger partial charge in [-0.2, -0.15) is 0 Å². The molecule has 110 valence electrons. The zero-order valence-corrected chi connectivity index (χ0v) is 12.1. The van der Waals surface area contributed by atoms with E-state index in [1.165, 1.54) is 13.0 Å². The Bertz CT molecular complexity index is 707. The molecule has 0 bridgehead atoms. The van der Waals surface area contributed by atoms with Gasteiger partial charge in [-0.3, -0.25) is 9.63 Å². The standard InChI is InChI=1S/C15H14ClNO4/c1-9-8-13(19)14(15(20)21-9)12(18)7-4-10-2-5-11(17-16)6-3-10/h2-3,5-6,8,17,19H,4,7H2,1H3. The average molecular weight is 308 g/mol. The van der Waals surface area contributed by atoms with Gasteiger partial charge in [-0.1, -0.05) is 12.1 Å². The van der Waals surface area contributed by atoms with Crippen LogP contribution in [0, 0.1) is 6.92 Å². The fourth-order valence-corrected chi connectivity index (χ4v) is 2.10. The van der Waals surface area contributed by atoms with Crippen molar-refractivity contribution in [1.82, 2.24) is 0 Å². The quantitative estimate of drug-likeness (QED) is 0.655. The average Bonchev–Trinajstić information content (AvgIpc) is 2.44. The molecule has 6 heteroatoms. The van der Waals surface area contributed by atoms with Crippen molar-refractivity contribution in [2.24, 2.45) is 0 Å². The first-order valence-electron chi connectivity index (χ1n) is 6.33. The van der Waals surface area contributed by atoms with Crippen molar-refractivity contribution >= 4 is 23.2 Å². The molecule has 2 rings (SSSR count). The number of aryl methyl sites for hydroxylation is 2. The Morgan fingerprint density at radius 2 is 2.00 bits per heavy atom. The van der Waals surface area contributed by atoms with Crippen molar-refractivity contribution in [2.45, 2.75) is 19.8 Å². The Morgan fingerprint density at radius 3 is 2.57 bits per heavy atom. The molecular weight excluding hydrogens is 294 g/mol. The summed E-state index contributed by atoms with van der Waals surface area (Å²) in [5.74, 6) is -0.519. The third-order valence-corrected chi connectivity index (χ3v) is 3.25. The molecule has 2 N–H and O–H groups in total. The van der Waals surface area contributed by atoms with Crippen LogP contribution in [0.2, 0.25) is 0 Å². The van der Waals surface area contributed by atoms with Crippen LogP contribution in [0.15, 0.2) is 39.5 Å². The predicted octanol–water partition coefficient (Wildman–Crippen LogP) is 3.04. The molecule has 2 aromatic rings. The van der Waals surface area contributed by atoms with Gasteiger partial charge in [-0.25, -0.2) is 4.79 Å². The lowest BCUT2D eigenvalue weighted by atomic mass is 10.0. The minimum Gasteiger partial charge on any atom is -0.507 e. The lowest BCUT2D eigenvalue weighted by Gasteiger charge is -2.04. The number of Topliss-reactive ketones (excluding diaryl/α,β-unsaturated/α-hetero) is 1. The Morgan fingerprint density at radius 1 is 1.33 bits per heavy atom. The van der Waals surface area contributed by atoms with Gasteiger partial charge in [0.05, 0.1) is 0 Å². The minimum absolute atomic E-state index is 0.106. The van der Waals surface area contributed by atoms with Gasteiger partial charge in [0.25, 0.3) is 0 Å². The third-order valence-electron chi connectivity index (χ3n) is 3.04. The highest BCUT2D eigenvalue weighted by Gasteiger charge is 2.17. The van der Waals surface area contributed by atoms with Crippen molar-refractivity contribution in [3.8, 4) is 5.75 Å². The lowest BCUT2D eigenvalue weighted by Crippen LogP contribution is -2.15. The molecule has 0 radical (unpaired) electrons. The second-order valence-electron chi connectivity index (χ2n) is 4.62. The molecule has 0 aliphatic rings. The van der Waals surface area contributed by atoms with Crippen molar-refractivity contribution in [3.63, 3.8) is 0 Å². The summed E-state index contributed by atoms with van der Waals surface area (Å²) in [4.78, 5) is 26.2. The number of rotatable bonds is 5. The maximum Gasteiger partial charge on any atom is 0.350 e. The van der Waals surface area contributed by atoms with E-state index in [2.05, 4.69) is 4.84 Å². The minimum atomic E-state index is -0.806. The number of hydrogen-bond acceptors (Lipinski definition) is 5. The smallest absolute Gasteiger partial charge is 0.350 e. The van der Waals surface area contributed by atoms with Crippen molar-refractivity contribution in [3.05, 3.63) is 57.6 Å². The summed E-state index contributed by atoms with van der Waals surface area (Å²) in [6, 6.07) is 8.48. The largest absolute Gasteiger partial charge is 0.507 e. The molecule has 1 heterocycles. The number of carbonyl (C=O) groups is 1. The van der Waals surface area contributed by atoms with Gasteiger partial charge in [0.1, 0.15) is 17.1 Å². The van der Waals surface area contributed by atoms with E-state index < -0.39 is 11.4 Å². The monoisotopic (exact) mass is 307 g/mol. The second kappa shape index (κ2) is 6.45. The van der Waals surface area contributed by atoms with E-state index in [9.17, 15) is 14.7 Å². The van der Waals surface area contributed by atoms with Crippen LogP contribution in [0.25, 0.3) is 0 Å². The molecule has 0 fully saturated rings. The Hall–Kier alpha value is -2.27. The number of anilines is 1. The molecule has 0 spiro atoms. The number of halogens is 1. The van der Waals surface area contributed by atoms with Crippen LogP contribution in [-0.4, -0.2) is 10.9 Å². The molecule has 0 saturated carbocycles. The van der Waals surface area contributed by atoms with Crippen LogP contribution in [0.5, 0.6) is 5.75 Å². The molecule has 0 aliphatic heterocycles. The number of benzene rings is 1. The van der Waals surface area contributed by atoms with Crippen LogP contribution >= 0.6 is 11.8 Å². The zero-order chi connectivity index (χ0) is 15.4. The molecule has 1 aromatic carbocycles. The molecule has 5 nitrogen and oxygen atoms in total. The highest BCUT2D eigenvalue weighted by atomic mass is 35.5. The highest BCUT2D eigenvalue weighted by molar-refractivity contribution is 6.23. The van der Waals surface area contributed by atoms with E-state index in [0.717, 1.165) is 11.3 Å². The van der Waals surface area contributed by atoms with Gasteiger partial charge in [0.2, 0.25) is 0 Å². The van der Waals surface area contributed by atoms with E-state index in [-0.39, 0.29) is 23.5 Å². The highest BCUT2D eigenvalue weighted by Crippen LogP contribution is 2.18. The van der Waals surface area contributed by atoms with Crippen molar-refractivity contribution < 1.29 is 14.3 Å². The zero-order valence-electron chi connectivity index (χ0n) is 11.4. The first-order valence-corrected chi connectivity index (χ1v) is 6.71. The van der Waals surface area contributed by atoms with Crippen molar-refractivity contribution in [2.75, 3.05) is 4.84 Å². The Labute approximate surface area is 126 Å². The number of aromatic hydroxyl groups is 1. The summed E-state index contributed by atoms with van der Waals surface area (Å²) in [5, 5.41) is 9.70. The Balaban J connectivity index is 2.10. The van der Waals surface area contributed by atoms with Crippen LogP contribution in [0.1, 0.15) is 28.1 Å². The van der Waals surface area contributed by atoms with Gasteiger partial charge in [-0.15, -0.1) is 0 Å². The maximum atomic E-state index is 12.0. The summed E-state index contributed by atoms with van der Waals surface area (Å²) in [6.45, 7) is 1.53. The van der Waals surface area contributed by atoms with E-state index in [1.807, 2.05) is 12.1 Å². The summed E-state index contributed by atoms with van der Waals surface area (Å²) in [7, 11) is 0. The normalized spacial score (nSPS) is 10.4. The van der Waals surface area contributed by atoms with E-state index in [0.29, 0.717) is 6.42 Å². The van der Waals surface area contributed by atoms with Gasteiger partial charge >= 0.3 is 5.63 Å². The van der Waals surface area contributed by atoms with Crippen molar-refractivity contribution in [1.29, 1.82) is 0 Å². The van der Waals surface area contributed by atoms with E-state index in [1.54, 1.807) is 12.1 Å². The van der Waals surface area contributed by atoms with Crippen LogP contribution < -0.4 is 10.5 Å². The predicted molar refractivity (Wildman–Crippen MR) is 79.9 cm³/mol. The van der Waals surface area contributed by atoms with Gasteiger partial charge < -0.3 is 9.52 Å². The molecule has 0 unspecified atom stereocenters. The van der Waals surface area contributed by atoms with Crippen LogP contribution in [-0.2, 0) is 6.42 Å². The molecule has 0 amide bonds. The fraction of sp³-hybridized carbons (Fsp3) is 0.200. The maximum absolute atomic E-state index is 12.0. The second-order valence-corrected chi connectivity index (χ2v) is 4.81. The molecule has 0 aliphatic carbocycles. The van der Waals surface area contributed by atoms with Gasteiger partial charge in [-0.05, 0) is 31.0 Å². The van der Waals surface area contributed by atoms with E-state index in [4.69, 9.17) is 16.2 Å². The fourth-order valence-electron chi connectivity index (χ4n) is 1.97. The lowest BCUT2D eigenvalue weighted by molar-refractivity contribution is 0.0975. The molecular formula is C15H14ClNO4. The van der Waals surface area contributed by atoms with E-state index >= 15 is 0 Å². The summed E-state index contributed by atoms with van der Waals surface area (Å²) in [5.41, 5.74) is 0.581. The number of carbonyl (C=O) groups excluding carboxylic acids is 1. The van der Waals surface area contributed by atoms with Crippen LogP contribution in [0.4, 0.5) is 5.69 Å². The molecule has 0 saturated heterocycles. The first-order chi connectivity index (χ1) is 10.0. The van der Waals surface area contributed by atoms with Gasteiger partial charge in [0, 0.05) is 30.0 Å².